The summed E-state index contributed by atoms with van der Waals surface area (Å²) in [5, 5.41) is 16.6. The lowest BCUT2D eigenvalue weighted by atomic mass is 9.92. The van der Waals surface area contributed by atoms with E-state index in [1.54, 1.807) is 12.2 Å². The highest BCUT2D eigenvalue weighted by Gasteiger charge is 2.28. The second kappa shape index (κ2) is 11.4. The minimum atomic E-state index is 0.462. The van der Waals surface area contributed by atoms with Crippen LogP contribution in [0, 0.1) is 10.8 Å². The van der Waals surface area contributed by atoms with Crippen LogP contribution >= 0.6 is 23.2 Å². The van der Waals surface area contributed by atoms with Crippen molar-refractivity contribution < 1.29 is 0 Å². The molecule has 10 N–H and O–H groups in total. The van der Waals surface area contributed by atoms with E-state index in [9.17, 15) is 0 Å². The maximum atomic E-state index is 7.89. The summed E-state index contributed by atoms with van der Waals surface area (Å²) in [6.45, 7) is 1.97. The van der Waals surface area contributed by atoms with Crippen molar-refractivity contribution in [3.05, 3.63) is 152 Å². The Hall–Kier alpha value is -5.56. The van der Waals surface area contributed by atoms with Crippen molar-refractivity contribution in [2.45, 2.75) is 6.92 Å². The quantitative estimate of drug-likeness (QED) is 0.0905. The molecule has 4 aromatic carbocycles. The van der Waals surface area contributed by atoms with Crippen molar-refractivity contribution in [1.82, 2.24) is 0 Å². The SMILES string of the molecule is CC1=CC(=C2c3ccc(N)cc3-c3cc(N)ccc32)C=CC1=N.N=C1C=CC(=C2c3cc(Cl)c(N)cc3-c3cc(N)c(Cl)cc32)C=C1. The Morgan fingerprint density at radius 2 is 0.936 bits per heavy atom. The summed E-state index contributed by atoms with van der Waals surface area (Å²) in [5.74, 6) is 0. The van der Waals surface area contributed by atoms with Crippen LogP contribution in [0.25, 0.3) is 33.4 Å². The summed E-state index contributed by atoms with van der Waals surface area (Å²) < 4.78 is 0. The second-order valence-electron chi connectivity index (χ2n) is 11.8. The molecule has 0 saturated heterocycles. The average Bonchev–Trinajstić information content (AvgIpc) is 3.50. The van der Waals surface area contributed by atoms with E-state index in [1.807, 2.05) is 79.8 Å². The van der Waals surface area contributed by atoms with Crippen molar-refractivity contribution in [1.29, 1.82) is 10.8 Å². The van der Waals surface area contributed by atoms with Gasteiger partial charge in [-0.05, 0) is 152 Å². The first-order valence-corrected chi connectivity index (χ1v) is 15.6. The van der Waals surface area contributed by atoms with Crippen LogP contribution in [0.15, 0.2) is 120 Å². The minimum Gasteiger partial charge on any atom is -0.399 e. The number of nitrogens with one attached hydrogen (secondary N) is 2. The highest BCUT2D eigenvalue weighted by Crippen LogP contribution is 2.51. The number of nitrogens with two attached hydrogens (primary N) is 4. The fourth-order valence-corrected chi connectivity index (χ4v) is 6.74. The third kappa shape index (κ3) is 5.18. The zero-order chi connectivity index (χ0) is 33.1. The maximum Gasteiger partial charge on any atom is 0.0642 e. The number of halogens is 2. The van der Waals surface area contributed by atoms with Crippen molar-refractivity contribution in [2.75, 3.05) is 22.9 Å². The summed E-state index contributed by atoms with van der Waals surface area (Å²) in [6.07, 6.45) is 13.3. The number of benzene rings is 4. The predicted molar refractivity (Wildman–Crippen MR) is 200 cm³/mol. The summed E-state index contributed by atoms with van der Waals surface area (Å²) in [5.41, 5.74) is 41.3. The molecule has 8 rings (SSSR count). The minimum absolute atomic E-state index is 0.462. The molecule has 4 aliphatic rings. The fraction of sp³-hybridized carbons (Fsp3) is 0.0256. The summed E-state index contributed by atoms with van der Waals surface area (Å²) in [6, 6.07) is 19.5. The van der Waals surface area contributed by atoms with E-state index < -0.39 is 0 Å². The van der Waals surface area contributed by atoms with E-state index in [1.165, 1.54) is 5.57 Å². The first-order valence-electron chi connectivity index (χ1n) is 14.9. The molecule has 4 aliphatic carbocycles. The molecule has 0 unspecified atom stereocenters. The van der Waals surface area contributed by atoms with Gasteiger partial charge in [-0.1, -0.05) is 53.6 Å². The van der Waals surface area contributed by atoms with Crippen LogP contribution in [0.2, 0.25) is 10.0 Å². The van der Waals surface area contributed by atoms with Crippen molar-refractivity contribution in [3.8, 4) is 22.3 Å². The number of nitrogen functional groups attached to an aromatic ring is 4. The lowest BCUT2D eigenvalue weighted by Crippen LogP contribution is -2.00. The van der Waals surface area contributed by atoms with Crippen LogP contribution in [0.5, 0.6) is 0 Å². The highest BCUT2D eigenvalue weighted by molar-refractivity contribution is 6.34. The number of fused-ring (bicyclic) bond motifs is 6. The molecule has 0 spiro atoms. The molecule has 0 heterocycles. The van der Waals surface area contributed by atoms with Gasteiger partial charge in [-0.3, -0.25) is 0 Å². The van der Waals surface area contributed by atoms with Gasteiger partial charge < -0.3 is 33.8 Å². The molecule has 0 fully saturated rings. The smallest absolute Gasteiger partial charge is 0.0642 e. The van der Waals surface area contributed by atoms with Gasteiger partial charge in [-0.15, -0.1) is 0 Å². The zero-order valence-electron chi connectivity index (χ0n) is 25.4. The number of hydrogen-bond donors (Lipinski definition) is 6. The standard InChI is InChI=1S/C20H17N3.C19H13Cl2N3/c1-11-8-12(2-7-19(11)23)20-15-5-3-13(21)9-17(15)18-10-14(22)4-6-16(18)20;20-15-5-13-11(7-17(15)23)12-8-18(24)16(21)6-14(12)19(13)9-1-3-10(22)4-2-9/h2-10,23H,21-22H2,1H3;1-8,22H,23-24H2. The van der Waals surface area contributed by atoms with Gasteiger partial charge in [0, 0.05) is 11.4 Å². The second-order valence-corrected chi connectivity index (χ2v) is 12.6. The van der Waals surface area contributed by atoms with Gasteiger partial charge in [0.1, 0.15) is 0 Å². The van der Waals surface area contributed by atoms with E-state index >= 15 is 0 Å². The van der Waals surface area contributed by atoms with Gasteiger partial charge in [-0.2, -0.15) is 0 Å². The van der Waals surface area contributed by atoms with E-state index in [-0.39, 0.29) is 0 Å². The van der Waals surface area contributed by atoms with Crippen molar-refractivity contribution in [2.24, 2.45) is 0 Å². The molecule has 6 nitrogen and oxygen atoms in total. The molecule has 0 atom stereocenters. The topological polar surface area (TPSA) is 152 Å². The first-order chi connectivity index (χ1) is 22.5. The molecule has 0 aliphatic heterocycles. The molecule has 0 aromatic heterocycles. The van der Waals surface area contributed by atoms with Crippen molar-refractivity contribution in [3.63, 3.8) is 0 Å². The summed E-state index contributed by atoms with van der Waals surface area (Å²) in [7, 11) is 0. The summed E-state index contributed by atoms with van der Waals surface area (Å²) >= 11 is 12.5. The Kier molecular flexibility index (Phi) is 7.27. The predicted octanol–water partition coefficient (Wildman–Crippen LogP) is 9.26. The van der Waals surface area contributed by atoms with E-state index in [0.29, 0.717) is 32.8 Å². The number of allylic oxidation sites excluding steroid dienone is 10. The van der Waals surface area contributed by atoms with Gasteiger partial charge in [0.25, 0.3) is 0 Å². The Morgan fingerprint density at radius 3 is 1.43 bits per heavy atom. The van der Waals surface area contributed by atoms with Crippen LogP contribution in [0.1, 0.15) is 29.2 Å². The number of rotatable bonds is 0. The lowest BCUT2D eigenvalue weighted by Gasteiger charge is -2.12. The molecule has 0 radical (unpaired) electrons. The molecule has 230 valence electrons. The molecule has 8 heteroatoms. The van der Waals surface area contributed by atoms with Gasteiger partial charge in [0.2, 0.25) is 0 Å². The normalized spacial score (nSPS) is 15.3. The molecular weight excluding hydrogens is 623 g/mol. The molecular formula is C39H30Cl2N6. The summed E-state index contributed by atoms with van der Waals surface area (Å²) in [4.78, 5) is 0. The van der Waals surface area contributed by atoms with Crippen LogP contribution in [0.3, 0.4) is 0 Å². The molecule has 47 heavy (non-hydrogen) atoms. The molecule has 4 aromatic rings. The lowest BCUT2D eigenvalue weighted by molar-refractivity contribution is 1.42. The van der Waals surface area contributed by atoms with Gasteiger partial charge in [0.05, 0.1) is 32.8 Å². The Balaban J connectivity index is 0.000000150. The molecule has 0 amide bonds. The maximum absolute atomic E-state index is 7.89. The number of hydrogen-bond acceptors (Lipinski definition) is 6. The van der Waals surface area contributed by atoms with Gasteiger partial charge in [-0.25, -0.2) is 0 Å². The fourth-order valence-electron chi connectivity index (χ4n) is 6.41. The van der Waals surface area contributed by atoms with Crippen LogP contribution < -0.4 is 22.9 Å². The number of anilines is 4. The Bertz CT molecular complexity index is 2170. The first kappa shape index (κ1) is 30.1. The van der Waals surface area contributed by atoms with Crippen molar-refractivity contribution >= 4 is 68.5 Å². The third-order valence-electron chi connectivity index (χ3n) is 8.71. The van der Waals surface area contributed by atoms with Gasteiger partial charge in [0.15, 0.2) is 0 Å². The van der Waals surface area contributed by atoms with E-state index in [0.717, 1.165) is 78.2 Å². The highest BCUT2D eigenvalue weighted by atomic mass is 35.5. The monoisotopic (exact) mass is 652 g/mol. The molecule has 0 saturated carbocycles. The Labute approximate surface area is 282 Å². The average molecular weight is 654 g/mol. The van der Waals surface area contributed by atoms with E-state index in [2.05, 4.69) is 18.2 Å². The van der Waals surface area contributed by atoms with Crippen LogP contribution in [-0.2, 0) is 0 Å². The van der Waals surface area contributed by atoms with Crippen LogP contribution in [-0.4, -0.2) is 11.4 Å². The van der Waals surface area contributed by atoms with Crippen LogP contribution in [0.4, 0.5) is 22.7 Å². The zero-order valence-corrected chi connectivity index (χ0v) is 26.9. The molecule has 0 bridgehead atoms. The Morgan fingerprint density at radius 1 is 0.489 bits per heavy atom. The van der Waals surface area contributed by atoms with Gasteiger partial charge >= 0.3 is 0 Å². The largest absolute Gasteiger partial charge is 0.399 e. The third-order valence-corrected chi connectivity index (χ3v) is 9.36. The van der Waals surface area contributed by atoms with E-state index in [4.69, 9.17) is 57.0 Å².